The Kier molecular flexibility index (Phi) is 4.01. The molecule has 1 saturated heterocycles. The third-order valence-electron chi connectivity index (χ3n) is 3.70. The van der Waals surface area contributed by atoms with Crippen molar-refractivity contribution in [3.05, 3.63) is 35.4 Å². The summed E-state index contributed by atoms with van der Waals surface area (Å²) >= 11 is 0. The SMILES string of the molecule is CN1C(=O)CCCC(C(=O)O)C1c1ccc(F)c(F)c1. The summed E-state index contributed by atoms with van der Waals surface area (Å²) in [6.07, 6.45) is 1.07. The van der Waals surface area contributed by atoms with Crippen LogP contribution in [-0.2, 0) is 9.59 Å². The van der Waals surface area contributed by atoms with Crippen molar-refractivity contribution in [1.82, 2.24) is 4.90 Å². The molecule has 0 bridgehead atoms. The minimum absolute atomic E-state index is 0.191. The quantitative estimate of drug-likeness (QED) is 0.906. The molecule has 6 heteroatoms. The van der Waals surface area contributed by atoms with Gasteiger partial charge < -0.3 is 10.0 Å². The maximum Gasteiger partial charge on any atom is 0.308 e. The van der Waals surface area contributed by atoms with Gasteiger partial charge in [0.15, 0.2) is 11.6 Å². The molecule has 108 valence electrons. The average molecular weight is 283 g/mol. The van der Waals surface area contributed by atoms with E-state index in [4.69, 9.17) is 0 Å². The number of nitrogens with zero attached hydrogens (tertiary/aromatic N) is 1. The Labute approximate surface area is 115 Å². The number of likely N-dealkylation sites (tertiary alicyclic amines) is 1. The highest BCUT2D eigenvalue weighted by atomic mass is 19.2. The van der Waals surface area contributed by atoms with E-state index in [0.717, 1.165) is 12.1 Å². The predicted molar refractivity (Wildman–Crippen MR) is 66.8 cm³/mol. The molecule has 0 aromatic heterocycles. The van der Waals surface area contributed by atoms with Crippen LogP contribution in [0.2, 0.25) is 0 Å². The van der Waals surface area contributed by atoms with Crippen LogP contribution in [0.4, 0.5) is 8.78 Å². The molecule has 1 aromatic rings. The van der Waals surface area contributed by atoms with Crippen LogP contribution in [0.25, 0.3) is 0 Å². The summed E-state index contributed by atoms with van der Waals surface area (Å²) in [4.78, 5) is 24.6. The number of benzene rings is 1. The molecule has 4 nitrogen and oxygen atoms in total. The number of hydrogen-bond donors (Lipinski definition) is 1. The van der Waals surface area contributed by atoms with Crippen LogP contribution in [0.3, 0.4) is 0 Å². The number of carboxylic acid groups (broad SMARTS) is 1. The third kappa shape index (κ3) is 2.64. The van der Waals surface area contributed by atoms with Crippen molar-refractivity contribution in [1.29, 1.82) is 0 Å². The van der Waals surface area contributed by atoms with Crippen molar-refractivity contribution < 1.29 is 23.5 Å². The zero-order valence-corrected chi connectivity index (χ0v) is 11.0. The molecule has 1 aliphatic heterocycles. The normalized spacial score (nSPS) is 23.6. The van der Waals surface area contributed by atoms with Gasteiger partial charge in [0.1, 0.15) is 0 Å². The minimum Gasteiger partial charge on any atom is -0.481 e. The lowest BCUT2D eigenvalue weighted by molar-refractivity contribution is -0.145. The topological polar surface area (TPSA) is 57.6 Å². The van der Waals surface area contributed by atoms with Crippen molar-refractivity contribution in [2.24, 2.45) is 5.92 Å². The molecule has 2 atom stereocenters. The smallest absolute Gasteiger partial charge is 0.308 e. The fraction of sp³-hybridized carbons (Fsp3) is 0.429. The van der Waals surface area contributed by atoms with E-state index in [1.807, 2.05) is 0 Å². The first kappa shape index (κ1) is 14.4. The lowest BCUT2D eigenvalue weighted by atomic mass is 9.89. The Bertz CT molecular complexity index is 547. The molecular formula is C14H15F2NO3. The summed E-state index contributed by atoms with van der Waals surface area (Å²) in [6, 6.07) is 2.46. The van der Waals surface area contributed by atoms with Crippen molar-refractivity contribution >= 4 is 11.9 Å². The van der Waals surface area contributed by atoms with Crippen LogP contribution >= 0.6 is 0 Å². The fourth-order valence-electron chi connectivity index (χ4n) is 2.64. The van der Waals surface area contributed by atoms with Crippen molar-refractivity contribution in [2.45, 2.75) is 25.3 Å². The van der Waals surface area contributed by atoms with Gasteiger partial charge in [0, 0.05) is 13.5 Å². The molecule has 0 saturated carbocycles. The Morgan fingerprint density at radius 3 is 2.65 bits per heavy atom. The molecule has 1 N–H and O–H groups in total. The largest absolute Gasteiger partial charge is 0.481 e. The summed E-state index contributed by atoms with van der Waals surface area (Å²) in [5.41, 5.74) is 0.300. The van der Waals surface area contributed by atoms with Crippen LogP contribution in [0.5, 0.6) is 0 Å². The highest BCUT2D eigenvalue weighted by molar-refractivity contribution is 5.79. The molecule has 1 amide bonds. The number of carboxylic acids is 1. The van der Waals surface area contributed by atoms with Crippen molar-refractivity contribution in [2.75, 3.05) is 7.05 Å². The number of carbonyl (C=O) groups is 2. The molecule has 0 radical (unpaired) electrons. The van der Waals surface area contributed by atoms with E-state index in [-0.39, 0.29) is 12.3 Å². The summed E-state index contributed by atoms with van der Waals surface area (Å²) < 4.78 is 26.4. The van der Waals surface area contributed by atoms with Gasteiger partial charge in [-0.3, -0.25) is 9.59 Å². The van der Waals surface area contributed by atoms with Gasteiger partial charge in [-0.15, -0.1) is 0 Å². The van der Waals surface area contributed by atoms with Crippen molar-refractivity contribution in [3.8, 4) is 0 Å². The number of amides is 1. The first-order valence-corrected chi connectivity index (χ1v) is 6.35. The zero-order chi connectivity index (χ0) is 14.9. The summed E-state index contributed by atoms with van der Waals surface area (Å²) in [6.45, 7) is 0. The number of rotatable bonds is 2. The molecule has 0 spiro atoms. The summed E-state index contributed by atoms with van der Waals surface area (Å²) in [5.74, 6) is -4.10. The minimum atomic E-state index is -1.04. The maximum absolute atomic E-state index is 13.4. The molecule has 1 heterocycles. The second-order valence-corrected chi connectivity index (χ2v) is 4.96. The van der Waals surface area contributed by atoms with Gasteiger partial charge in [-0.05, 0) is 30.5 Å². The zero-order valence-electron chi connectivity index (χ0n) is 11.0. The standard InChI is InChI=1S/C14H15F2NO3/c1-17-12(18)4-2-3-9(14(19)20)13(17)8-5-6-10(15)11(16)7-8/h5-7,9,13H,2-4H2,1H3,(H,19,20). The summed E-state index contributed by atoms with van der Waals surface area (Å²) in [7, 11) is 1.50. The monoisotopic (exact) mass is 283 g/mol. The second kappa shape index (κ2) is 5.56. The Morgan fingerprint density at radius 2 is 2.05 bits per heavy atom. The maximum atomic E-state index is 13.4. The Balaban J connectivity index is 2.47. The highest BCUT2D eigenvalue weighted by Gasteiger charge is 2.37. The Morgan fingerprint density at radius 1 is 1.35 bits per heavy atom. The third-order valence-corrected chi connectivity index (χ3v) is 3.70. The number of aliphatic carboxylic acids is 1. The number of halogens is 2. The molecule has 1 aromatic carbocycles. The van der Waals surface area contributed by atoms with Gasteiger partial charge in [-0.2, -0.15) is 0 Å². The molecule has 1 aliphatic rings. The predicted octanol–water partition coefficient (Wildman–Crippen LogP) is 2.35. The van der Waals surface area contributed by atoms with Gasteiger partial charge in [0.05, 0.1) is 12.0 Å². The van der Waals surface area contributed by atoms with Gasteiger partial charge in [0.2, 0.25) is 5.91 Å². The van der Waals surface area contributed by atoms with Crippen LogP contribution in [-0.4, -0.2) is 28.9 Å². The highest BCUT2D eigenvalue weighted by Crippen LogP contribution is 2.35. The van der Waals surface area contributed by atoms with E-state index < -0.39 is 29.6 Å². The van der Waals surface area contributed by atoms with Gasteiger partial charge >= 0.3 is 5.97 Å². The van der Waals surface area contributed by atoms with E-state index in [1.165, 1.54) is 18.0 Å². The second-order valence-electron chi connectivity index (χ2n) is 4.96. The van der Waals surface area contributed by atoms with Gasteiger partial charge in [-0.1, -0.05) is 6.07 Å². The molecule has 20 heavy (non-hydrogen) atoms. The molecule has 2 rings (SSSR count). The lowest BCUT2D eigenvalue weighted by Gasteiger charge is -2.30. The van der Waals surface area contributed by atoms with Gasteiger partial charge in [0.25, 0.3) is 0 Å². The fourth-order valence-corrected chi connectivity index (χ4v) is 2.64. The Hall–Kier alpha value is -1.98. The molecule has 1 fully saturated rings. The van der Waals surface area contributed by atoms with Crippen LogP contribution < -0.4 is 0 Å². The van der Waals surface area contributed by atoms with E-state index in [9.17, 15) is 23.5 Å². The first-order chi connectivity index (χ1) is 9.41. The van der Waals surface area contributed by atoms with Gasteiger partial charge in [-0.25, -0.2) is 8.78 Å². The average Bonchev–Trinajstić information content (AvgIpc) is 2.54. The van der Waals surface area contributed by atoms with Crippen molar-refractivity contribution in [3.63, 3.8) is 0 Å². The van der Waals surface area contributed by atoms with E-state index in [2.05, 4.69) is 0 Å². The van der Waals surface area contributed by atoms with E-state index in [1.54, 1.807) is 0 Å². The molecular weight excluding hydrogens is 268 g/mol. The van der Waals surface area contributed by atoms with Crippen LogP contribution in [0.1, 0.15) is 30.9 Å². The van der Waals surface area contributed by atoms with E-state index >= 15 is 0 Å². The summed E-state index contributed by atoms with van der Waals surface area (Å²) in [5, 5.41) is 9.32. The number of carbonyl (C=O) groups excluding carboxylic acids is 1. The van der Waals surface area contributed by atoms with Crippen LogP contribution in [0, 0.1) is 17.6 Å². The number of hydrogen-bond acceptors (Lipinski definition) is 2. The molecule has 0 aliphatic carbocycles. The van der Waals surface area contributed by atoms with E-state index in [0.29, 0.717) is 18.4 Å². The molecule has 2 unspecified atom stereocenters. The first-order valence-electron chi connectivity index (χ1n) is 6.35. The van der Waals surface area contributed by atoms with Crippen LogP contribution in [0.15, 0.2) is 18.2 Å². The lowest BCUT2D eigenvalue weighted by Crippen LogP contribution is -2.36.